The first-order valence-corrected chi connectivity index (χ1v) is 5.48. The van der Waals surface area contributed by atoms with Gasteiger partial charge in [0.15, 0.2) is 0 Å². The highest BCUT2D eigenvalue weighted by atomic mass is 14.2. The van der Waals surface area contributed by atoms with Gasteiger partial charge in [0.1, 0.15) is 0 Å². The predicted molar refractivity (Wildman–Crippen MR) is 57.6 cm³/mol. The van der Waals surface area contributed by atoms with Crippen molar-refractivity contribution in [2.75, 3.05) is 0 Å². The largest absolute Gasteiger partial charge is 0.0839 e. The van der Waals surface area contributed by atoms with Gasteiger partial charge in [-0.2, -0.15) is 0 Å². The van der Waals surface area contributed by atoms with Crippen molar-refractivity contribution in [1.29, 1.82) is 0 Å². The Morgan fingerprint density at radius 1 is 1.15 bits per heavy atom. The number of hydrogen-bond donors (Lipinski definition) is 0. The molecular formula is C13H18. The van der Waals surface area contributed by atoms with Gasteiger partial charge in [0.2, 0.25) is 0 Å². The third kappa shape index (κ3) is 1.93. The highest BCUT2D eigenvalue weighted by Crippen LogP contribution is 2.32. The third-order valence-corrected chi connectivity index (χ3v) is 2.98. The van der Waals surface area contributed by atoms with Gasteiger partial charge in [-0.1, -0.05) is 37.1 Å². The molecular weight excluding hydrogens is 156 g/mol. The van der Waals surface area contributed by atoms with Crippen LogP contribution in [0.1, 0.15) is 45.4 Å². The topological polar surface area (TPSA) is 0 Å². The van der Waals surface area contributed by atoms with E-state index < -0.39 is 0 Å². The van der Waals surface area contributed by atoms with Crippen LogP contribution in [0.3, 0.4) is 0 Å². The molecule has 0 nitrogen and oxygen atoms in total. The minimum Gasteiger partial charge on any atom is -0.0839 e. The Morgan fingerprint density at radius 3 is 2.92 bits per heavy atom. The van der Waals surface area contributed by atoms with E-state index in [1.807, 2.05) is 0 Å². The first-order valence-electron chi connectivity index (χ1n) is 5.48. The normalized spacial score (nSPS) is 21.5. The maximum Gasteiger partial charge on any atom is -0.0239 e. The van der Waals surface area contributed by atoms with Crippen LogP contribution in [0, 0.1) is 0 Å². The van der Waals surface area contributed by atoms with Crippen LogP contribution in [0.25, 0.3) is 0 Å². The van der Waals surface area contributed by atoms with Crippen molar-refractivity contribution < 1.29 is 0 Å². The molecule has 0 aliphatic heterocycles. The van der Waals surface area contributed by atoms with Gasteiger partial charge in [0, 0.05) is 0 Å². The van der Waals surface area contributed by atoms with E-state index in [-0.39, 0.29) is 0 Å². The molecule has 0 atom stereocenters. The fourth-order valence-electron chi connectivity index (χ4n) is 2.27. The fourth-order valence-corrected chi connectivity index (χ4v) is 2.27. The predicted octanol–water partition coefficient (Wildman–Crippen LogP) is 4.15. The lowest BCUT2D eigenvalue weighted by Gasteiger charge is -2.20. The van der Waals surface area contributed by atoms with Crippen molar-refractivity contribution >= 4 is 0 Å². The van der Waals surface area contributed by atoms with Crippen molar-refractivity contribution in [3.05, 3.63) is 34.9 Å². The van der Waals surface area contributed by atoms with Gasteiger partial charge >= 0.3 is 0 Å². The van der Waals surface area contributed by atoms with Gasteiger partial charge in [-0.05, 0) is 43.3 Å². The summed E-state index contributed by atoms with van der Waals surface area (Å²) in [6.45, 7) is 2.27. The number of hydrogen-bond acceptors (Lipinski definition) is 0. The Morgan fingerprint density at radius 2 is 2.08 bits per heavy atom. The van der Waals surface area contributed by atoms with Gasteiger partial charge in [-0.15, -0.1) is 0 Å². The second kappa shape index (κ2) is 3.95. The Hall–Kier alpha value is -0.780. The summed E-state index contributed by atoms with van der Waals surface area (Å²) in [6.07, 6.45) is 14.8. The van der Waals surface area contributed by atoms with Crippen molar-refractivity contribution in [3.63, 3.8) is 0 Å². The SMILES string of the molecule is CCCC1=CC2=C(C=CCC2)CC1. The molecule has 0 aromatic heterocycles. The highest BCUT2D eigenvalue weighted by Gasteiger charge is 2.12. The average molecular weight is 174 g/mol. The van der Waals surface area contributed by atoms with Crippen LogP contribution < -0.4 is 0 Å². The average Bonchev–Trinajstić information content (AvgIpc) is 2.18. The van der Waals surface area contributed by atoms with Gasteiger partial charge < -0.3 is 0 Å². The molecule has 0 radical (unpaired) electrons. The zero-order valence-electron chi connectivity index (χ0n) is 8.47. The Balaban J connectivity index is 2.16. The van der Waals surface area contributed by atoms with Gasteiger partial charge in [-0.25, -0.2) is 0 Å². The second-order valence-corrected chi connectivity index (χ2v) is 4.04. The second-order valence-electron chi connectivity index (χ2n) is 4.04. The molecule has 0 saturated carbocycles. The summed E-state index contributed by atoms with van der Waals surface area (Å²) in [4.78, 5) is 0. The molecule has 0 spiro atoms. The molecule has 2 aliphatic rings. The molecule has 0 heteroatoms. The molecule has 0 aromatic rings. The van der Waals surface area contributed by atoms with Crippen molar-refractivity contribution in [2.24, 2.45) is 0 Å². The van der Waals surface area contributed by atoms with Gasteiger partial charge in [0.05, 0.1) is 0 Å². The van der Waals surface area contributed by atoms with Gasteiger partial charge in [0.25, 0.3) is 0 Å². The van der Waals surface area contributed by atoms with Crippen LogP contribution in [0.5, 0.6) is 0 Å². The molecule has 0 unspecified atom stereocenters. The van der Waals surface area contributed by atoms with E-state index in [1.165, 1.54) is 38.5 Å². The summed E-state index contributed by atoms with van der Waals surface area (Å²) in [5, 5.41) is 0. The van der Waals surface area contributed by atoms with E-state index in [0.717, 1.165) is 0 Å². The summed E-state index contributed by atoms with van der Waals surface area (Å²) >= 11 is 0. The lowest BCUT2D eigenvalue weighted by molar-refractivity contribution is 0.782. The molecule has 0 amide bonds. The Labute approximate surface area is 81.0 Å². The van der Waals surface area contributed by atoms with Crippen LogP contribution in [0.2, 0.25) is 0 Å². The Kier molecular flexibility index (Phi) is 2.68. The molecule has 0 saturated heterocycles. The zero-order chi connectivity index (χ0) is 9.10. The van der Waals surface area contributed by atoms with E-state index in [0.29, 0.717) is 0 Å². The molecule has 0 aromatic carbocycles. The first kappa shape index (κ1) is 8.80. The summed E-state index contributed by atoms with van der Waals surface area (Å²) < 4.78 is 0. The van der Waals surface area contributed by atoms with E-state index in [1.54, 1.807) is 16.7 Å². The lowest BCUT2D eigenvalue weighted by atomic mass is 9.86. The van der Waals surface area contributed by atoms with Crippen LogP contribution in [0.15, 0.2) is 34.9 Å². The highest BCUT2D eigenvalue weighted by molar-refractivity contribution is 5.41. The summed E-state index contributed by atoms with van der Waals surface area (Å²) in [7, 11) is 0. The first-order chi connectivity index (χ1) is 6.40. The smallest absolute Gasteiger partial charge is 0.0239 e. The molecule has 13 heavy (non-hydrogen) atoms. The summed E-state index contributed by atoms with van der Waals surface area (Å²) in [5.74, 6) is 0. The third-order valence-electron chi connectivity index (χ3n) is 2.98. The zero-order valence-corrected chi connectivity index (χ0v) is 8.47. The number of allylic oxidation sites excluding steroid dienone is 6. The monoisotopic (exact) mass is 174 g/mol. The van der Waals surface area contributed by atoms with Crippen molar-refractivity contribution in [1.82, 2.24) is 0 Å². The molecule has 2 rings (SSSR count). The van der Waals surface area contributed by atoms with E-state index in [9.17, 15) is 0 Å². The molecule has 0 bridgehead atoms. The summed E-state index contributed by atoms with van der Waals surface area (Å²) in [5.41, 5.74) is 4.90. The lowest BCUT2D eigenvalue weighted by Crippen LogP contribution is -2.00. The van der Waals surface area contributed by atoms with E-state index >= 15 is 0 Å². The minimum atomic E-state index is 1.24. The van der Waals surface area contributed by atoms with Crippen LogP contribution >= 0.6 is 0 Å². The molecule has 70 valence electrons. The fraction of sp³-hybridized carbons (Fsp3) is 0.538. The van der Waals surface area contributed by atoms with Crippen molar-refractivity contribution in [3.8, 4) is 0 Å². The minimum absolute atomic E-state index is 1.24. The molecule has 0 N–H and O–H groups in total. The van der Waals surface area contributed by atoms with Crippen LogP contribution in [0.4, 0.5) is 0 Å². The summed E-state index contributed by atoms with van der Waals surface area (Å²) in [6, 6.07) is 0. The standard InChI is InChI=1S/C13H18/c1-2-5-11-8-9-12-6-3-4-7-13(12)10-11/h3,6,10H,2,4-5,7-9H2,1H3. The molecule has 0 fully saturated rings. The maximum atomic E-state index is 2.46. The van der Waals surface area contributed by atoms with Crippen molar-refractivity contribution in [2.45, 2.75) is 45.4 Å². The van der Waals surface area contributed by atoms with E-state index in [4.69, 9.17) is 0 Å². The van der Waals surface area contributed by atoms with Crippen LogP contribution in [-0.4, -0.2) is 0 Å². The van der Waals surface area contributed by atoms with Crippen LogP contribution in [-0.2, 0) is 0 Å². The Bertz CT molecular complexity index is 276. The molecule has 0 heterocycles. The van der Waals surface area contributed by atoms with E-state index in [2.05, 4.69) is 25.2 Å². The molecule has 2 aliphatic carbocycles. The quantitative estimate of drug-likeness (QED) is 0.590. The number of rotatable bonds is 2. The maximum absolute atomic E-state index is 2.46. The van der Waals surface area contributed by atoms with Gasteiger partial charge in [-0.3, -0.25) is 0 Å².